The molecule has 0 unspecified atom stereocenters. The first-order valence-corrected chi connectivity index (χ1v) is 5.97. The van der Waals surface area contributed by atoms with Gasteiger partial charge in [-0.3, -0.25) is 4.79 Å². The minimum Gasteiger partial charge on any atom is -0.340 e. The minimum absolute atomic E-state index is 0.0354. The number of nitrogens with one attached hydrogen (secondary N) is 1. The van der Waals surface area contributed by atoms with E-state index in [1.165, 1.54) is 12.1 Å². The Morgan fingerprint density at radius 1 is 1.41 bits per heavy atom. The fourth-order valence-electron chi connectivity index (χ4n) is 1.85. The Balaban J connectivity index is 1.99. The summed E-state index contributed by atoms with van der Waals surface area (Å²) in [5.41, 5.74) is 0.662. The highest BCUT2D eigenvalue weighted by molar-refractivity contribution is 6.30. The van der Waals surface area contributed by atoms with Crippen molar-refractivity contribution >= 4 is 17.5 Å². The zero-order chi connectivity index (χ0) is 12.3. The Kier molecular flexibility index (Phi) is 3.97. The Morgan fingerprint density at radius 2 is 2.12 bits per heavy atom. The molecule has 17 heavy (non-hydrogen) atoms. The van der Waals surface area contributed by atoms with Crippen molar-refractivity contribution in [3.05, 3.63) is 34.6 Å². The number of halogens is 2. The summed E-state index contributed by atoms with van der Waals surface area (Å²) in [7, 11) is 0. The van der Waals surface area contributed by atoms with Gasteiger partial charge in [0.2, 0.25) is 5.91 Å². The average Bonchev–Trinajstić information content (AvgIpc) is 2.35. The van der Waals surface area contributed by atoms with E-state index in [-0.39, 0.29) is 17.4 Å². The van der Waals surface area contributed by atoms with Crippen LogP contribution >= 0.6 is 11.6 Å². The molecule has 2 rings (SSSR count). The summed E-state index contributed by atoms with van der Waals surface area (Å²) in [6.45, 7) is 3.07. The quantitative estimate of drug-likeness (QED) is 0.869. The van der Waals surface area contributed by atoms with Crippen molar-refractivity contribution in [2.24, 2.45) is 0 Å². The molecule has 1 aliphatic heterocycles. The molecule has 1 aromatic rings. The molecule has 92 valence electrons. The van der Waals surface area contributed by atoms with Gasteiger partial charge in [0, 0.05) is 26.2 Å². The number of carbonyl (C=O) groups is 1. The maximum Gasteiger partial charge on any atom is 0.227 e. The van der Waals surface area contributed by atoms with Gasteiger partial charge in [0.25, 0.3) is 0 Å². The zero-order valence-electron chi connectivity index (χ0n) is 9.38. The maximum atomic E-state index is 13.2. The monoisotopic (exact) mass is 256 g/mol. The number of piperazine rings is 1. The van der Waals surface area contributed by atoms with Crippen LogP contribution < -0.4 is 5.32 Å². The van der Waals surface area contributed by atoms with Crippen molar-refractivity contribution in [1.82, 2.24) is 10.2 Å². The van der Waals surface area contributed by atoms with Crippen LogP contribution in [0.4, 0.5) is 4.39 Å². The molecule has 0 atom stereocenters. The van der Waals surface area contributed by atoms with Crippen LogP contribution in [0.15, 0.2) is 18.2 Å². The van der Waals surface area contributed by atoms with E-state index in [0.717, 1.165) is 26.2 Å². The van der Waals surface area contributed by atoms with Crippen molar-refractivity contribution in [3.63, 3.8) is 0 Å². The third-order valence-electron chi connectivity index (χ3n) is 2.81. The Hall–Kier alpha value is -1.13. The Labute approximate surface area is 105 Å². The van der Waals surface area contributed by atoms with E-state index in [4.69, 9.17) is 11.6 Å². The van der Waals surface area contributed by atoms with Gasteiger partial charge < -0.3 is 10.2 Å². The predicted molar refractivity (Wildman–Crippen MR) is 64.6 cm³/mol. The van der Waals surface area contributed by atoms with Crippen LogP contribution in [0.25, 0.3) is 0 Å². The van der Waals surface area contributed by atoms with Crippen LogP contribution in [0, 0.1) is 5.82 Å². The highest BCUT2D eigenvalue weighted by atomic mass is 35.5. The fraction of sp³-hybridized carbons (Fsp3) is 0.417. The van der Waals surface area contributed by atoms with Gasteiger partial charge in [-0.05, 0) is 17.7 Å². The summed E-state index contributed by atoms with van der Waals surface area (Å²) in [5.74, 6) is -0.439. The summed E-state index contributed by atoms with van der Waals surface area (Å²) in [4.78, 5) is 13.7. The molecular formula is C12H14ClFN2O. The summed E-state index contributed by atoms with van der Waals surface area (Å²) in [5, 5.41) is 3.27. The van der Waals surface area contributed by atoms with Crippen molar-refractivity contribution in [3.8, 4) is 0 Å². The molecule has 1 heterocycles. The van der Waals surface area contributed by atoms with E-state index in [0.29, 0.717) is 5.56 Å². The van der Waals surface area contributed by atoms with E-state index in [9.17, 15) is 9.18 Å². The molecule has 1 amide bonds. The topological polar surface area (TPSA) is 32.3 Å². The van der Waals surface area contributed by atoms with E-state index in [1.54, 1.807) is 11.0 Å². The lowest BCUT2D eigenvalue weighted by Crippen LogP contribution is -2.46. The standard InChI is InChI=1S/C12H14ClFN2O/c13-10-2-1-9(7-11(10)14)8-12(17)16-5-3-15-4-6-16/h1-2,7,15H,3-6,8H2. The van der Waals surface area contributed by atoms with Gasteiger partial charge >= 0.3 is 0 Å². The Morgan fingerprint density at radius 3 is 2.76 bits per heavy atom. The number of rotatable bonds is 2. The lowest BCUT2D eigenvalue weighted by atomic mass is 10.1. The molecule has 0 bridgehead atoms. The van der Waals surface area contributed by atoms with Gasteiger partial charge in [-0.2, -0.15) is 0 Å². The number of nitrogens with zero attached hydrogens (tertiary/aromatic N) is 1. The second-order valence-electron chi connectivity index (χ2n) is 4.06. The number of carbonyl (C=O) groups excluding carboxylic acids is 1. The molecule has 1 fully saturated rings. The van der Waals surface area contributed by atoms with E-state index < -0.39 is 5.82 Å². The lowest BCUT2D eigenvalue weighted by molar-refractivity contribution is -0.131. The predicted octanol–water partition coefficient (Wildman–Crippen LogP) is 1.45. The third-order valence-corrected chi connectivity index (χ3v) is 3.12. The van der Waals surface area contributed by atoms with Gasteiger partial charge in [0.05, 0.1) is 11.4 Å². The van der Waals surface area contributed by atoms with Crippen molar-refractivity contribution in [1.29, 1.82) is 0 Å². The summed E-state index contributed by atoms with van der Waals surface area (Å²) in [6.07, 6.45) is 0.230. The molecule has 0 radical (unpaired) electrons. The second-order valence-corrected chi connectivity index (χ2v) is 4.46. The second kappa shape index (κ2) is 5.47. The molecule has 1 aromatic carbocycles. The highest BCUT2D eigenvalue weighted by Gasteiger charge is 2.16. The van der Waals surface area contributed by atoms with Crippen molar-refractivity contribution in [2.45, 2.75) is 6.42 Å². The van der Waals surface area contributed by atoms with Crippen LogP contribution in [0.1, 0.15) is 5.56 Å². The maximum absolute atomic E-state index is 13.2. The molecular weight excluding hydrogens is 243 g/mol. The molecule has 0 aliphatic carbocycles. The number of amides is 1. The number of hydrogen-bond donors (Lipinski definition) is 1. The van der Waals surface area contributed by atoms with Crippen molar-refractivity contribution < 1.29 is 9.18 Å². The van der Waals surface area contributed by atoms with E-state index in [2.05, 4.69) is 5.32 Å². The summed E-state index contributed by atoms with van der Waals surface area (Å²) in [6, 6.07) is 4.49. The average molecular weight is 257 g/mol. The molecule has 1 N–H and O–H groups in total. The molecule has 1 aliphatic rings. The molecule has 5 heteroatoms. The van der Waals surface area contributed by atoms with Gasteiger partial charge in [-0.1, -0.05) is 17.7 Å². The van der Waals surface area contributed by atoms with Gasteiger partial charge in [0.15, 0.2) is 0 Å². The number of benzene rings is 1. The van der Waals surface area contributed by atoms with Crippen LogP contribution in [0.5, 0.6) is 0 Å². The smallest absolute Gasteiger partial charge is 0.227 e. The van der Waals surface area contributed by atoms with Gasteiger partial charge in [-0.15, -0.1) is 0 Å². The van der Waals surface area contributed by atoms with E-state index >= 15 is 0 Å². The lowest BCUT2D eigenvalue weighted by Gasteiger charge is -2.27. The minimum atomic E-state index is -0.475. The first-order valence-electron chi connectivity index (χ1n) is 5.59. The third kappa shape index (κ3) is 3.17. The van der Waals surface area contributed by atoms with Crippen molar-refractivity contribution in [2.75, 3.05) is 26.2 Å². The SMILES string of the molecule is O=C(Cc1ccc(Cl)c(F)c1)N1CCNCC1. The van der Waals surface area contributed by atoms with Crippen LogP contribution in [-0.4, -0.2) is 37.0 Å². The molecule has 0 aromatic heterocycles. The van der Waals surface area contributed by atoms with Crippen LogP contribution in [0.3, 0.4) is 0 Å². The zero-order valence-corrected chi connectivity index (χ0v) is 10.1. The first kappa shape index (κ1) is 12.3. The molecule has 0 spiro atoms. The first-order chi connectivity index (χ1) is 8.16. The summed E-state index contributed by atoms with van der Waals surface area (Å²) >= 11 is 5.59. The molecule has 3 nitrogen and oxygen atoms in total. The van der Waals surface area contributed by atoms with Gasteiger partial charge in [-0.25, -0.2) is 4.39 Å². The largest absolute Gasteiger partial charge is 0.340 e. The van der Waals surface area contributed by atoms with Crippen LogP contribution in [-0.2, 0) is 11.2 Å². The van der Waals surface area contributed by atoms with E-state index in [1.807, 2.05) is 0 Å². The molecule has 0 saturated carbocycles. The molecule has 1 saturated heterocycles. The fourth-order valence-corrected chi connectivity index (χ4v) is 1.97. The summed E-state index contributed by atoms with van der Waals surface area (Å²) < 4.78 is 13.2. The number of hydrogen-bond acceptors (Lipinski definition) is 2. The Bertz CT molecular complexity index is 419. The van der Waals surface area contributed by atoms with Gasteiger partial charge in [0.1, 0.15) is 5.82 Å². The normalized spacial score (nSPS) is 16.0. The highest BCUT2D eigenvalue weighted by Crippen LogP contribution is 2.16. The van der Waals surface area contributed by atoms with Crippen LogP contribution in [0.2, 0.25) is 5.02 Å².